The number of piperidine rings is 1. The molecule has 0 amide bonds. The maximum atomic E-state index is 5.87. The van der Waals surface area contributed by atoms with E-state index < -0.39 is 0 Å². The van der Waals surface area contributed by atoms with Crippen LogP contribution in [-0.4, -0.2) is 28.0 Å². The van der Waals surface area contributed by atoms with E-state index in [0.29, 0.717) is 4.99 Å². The second kappa shape index (κ2) is 5.70. The molecule has 0 unspecified atom stereocenters. The van der Waals surface area contributed by atoms with E-state index in [1.165, 1.54) is 10.9 Å². The van der Waals surface area contributed by atoms with Crippen LogP contribution in [0.15, 0.2) is 36.5 Å². The van der Waals surface area contributed by atoms with Crippen molar-refractivity contribution in [3.8, 4) is 0 Å². The van der Waals surface area contributed by atoms with Gasteiger partial charge >= 0.3 is 0 Å². The van der Waals surface area contributed by atoms with E-state index >= 15 is 0 Å². The number of nitrogens with zero attached hydrogens (tertiary/aromatic N) is 2. The second-order valence-corrected chi connectivity index (χ2v) is 6.67. The summed E-state index contributed by atoms with van der Waals surface area (Å²) >= 11 is 5.20. The third-order valence-corrected chi connectivity index (χ3v) is 5.12. The number of hydrogen-bond acceptors (Lipinski definition) is 3. The van der Waals surface area contributed by atoms with Gasteiger partial charge in [0, 0.05) is 23.5 Å². The standard InChI is InChI=1S/C17H21N3S/c1-17(16(18)21)6-9-20(10-7-17)12-13-4-5-15-14(11-13)3-2-8-19-15/h2-5,8,11H,6-7,9-10,12H2,1H3,(H2,18,21). The predicted molar refractivity (Wildman–Crippen MR) is 91.1 cm³/mol. The Morgan fingerprint density at radius 1 is 1.33 bits per heavy atom. The largest absolute Gasteiger partial charge is 0.393 e. The number of likely N-dealkylation sites (tertiary alicyclic amines) is 1. The fraction of sp³-hybridized carbons (Fsp3) is 0.412. The average molecular weight is 299 g/mol. The van der Waals surface area contributed by atoms with Crippen molar-refractivity contribution in [2.45, 2.75) is 26.3 Å². The fourth-order valence-corrected chi connectivity index (χ4v) is 3.14. The molecule has 1 saturated heterocycles. The molecule has 1 aromatic carbocycles. The van der Waals surface area contributed by atoms with E-state index in [-0.39, 0.29) is 5.41 Å². The van der Waals surface area contributed by atoms with Crippen LogP contribution in [0.1, 0.15) is 25.3 Å². The average Bonchev–Trinajstić information content (AvgIpc) is 2.49. The Balaban J connectivity index is 1.68. The maximum absolute atomic E-state index is 5.87. The first-order valence-corrected chi connectivity index (χ1v) is 7.84. The van der Waals surface area contributed by atoms with Gasteiger partial charge in [-0.1, -0.05) is 31.3 Å². The molecular formula is C17H21N3S. The number of aromatic nitrogens is 1. The molecule has 1 aliphatic heterocycles. The normalized spacial score (nSPS) is 18.7. The Morgan fingerprint density at radius 3 is 2.81 bits per heavy atom. The van der Waals surface area contributed by atoms with Crippen LogP contribution in [-0.2, 0) is 6.54 Å². The third kappa shape index (κ3) is 3.06. The zero-order valence-corrected chi connectivity index (χ0v) is 13.2. The van der Waals surface area contributed by atoms with Gasteiger partial charge in [-0.2, -0.15) is 0 Å². The van der Waals surface area contributed by atoms with Gasteiger partial charge in [0.1, 0.15) is 0 Å². The van der Waals surface area contributed by atoms with Crippen LogP contribution >= 0.6 is 12.2 Å². The molecule has 4 heteroatoms. The smallest absolute Gasteiger partial charge is 0.0788 e. The van der Waals surface area contributed by atoms with Crippen molar-refractivity contribution in [3.05, 3.63) is 42.1 Å². The van der Waals surface area contributed by atoms with Crippen molar-refractivity contribution in [2.75, 3.05) is 13.1 Å². The highest BCUT2D eigenvalue weighted by molar-refractivity contribution is 7.80. The van der Waals surface area contributed by atoms with E-state index in [9.17, 15) is 0 Å². The highest BCUT2D eigenvalue weighted by atomic mass is 32.1. The molecule has 0 atom stereocenters. The van der Waals surface area contributed by atoms with Crippen LogP contribution in [0.3, 0.4) is 0 Å². The minimum Gasteiger partial charge on any atom is -0.393 e. The van der Waals surface area contributed by atoms with Gasteiger partial charge in [-0.25, -0.2) is 0 Å². The second-order valence-electron chi connectivity index (χ2n) is 6.23. The van der Waals surface area contributed by atoms with Gasteiger partial charge in [-0.3, -0.25) is 9.88 Å². The minimum absolute atomic E-state index is 0.0408. The molecule has 3 rings (SSSR count). The molecule has 1 fully saturated rings. The molecule has 21 heavy (non-hydrogen) atoms. The summed E-state index contributed by atoms with van der Waals surface area (Å²) in [6, 6.07) is 10.6. The lowest BCUT2D eigenvalue weighted by Gasteiger charge is -2.38. The number of pyridine rings is 1. The maximum Gasteiger partial charge on any atom is 0.0788 e. The van der Waals surface area contributed by atoms with Gasteiger partial charge in [0.15, 0.2) is 0 Å². The molecule has 0 spiro atoms. The SMILES string of the molecule is CC1(C(N)=S)CCN(Cc2ccc3ncccc3c2)CC1. The lowest BCUT2D eigenvalue weighted by Crippen LogP contribution is -2.44. The Labute approximate surface area is 131 Å². The van der Waals surface area contributed by atoms with E-state index in [2.05, 4.69) is 41.1 Å². The molecular weight excluding hydrogens is 278 g/mol. The van der Waals surface area contributed by atoms with E-state index in [1.807, 2.05) is 12.3 Å². The number of nitrogens with two attached hydrogens (primary N) is 1. The number of rotatable bonds is 3. The first kappa shape index (κ1) is 14.4. The van der Waals surface area contributed by atoms with Gasteiger partial charge in [-0.05, 0) is 49.7 Å². The summed E-state index contributed by atoms with van der Waals surface area (Å²) in [4.78, 5) is 7.52. The van der Waals surface area contributed by atoms with Crippen molar-refractivity contribution in [1.82, 2.24) is 9.88 Å². The first-order chi connectivity index (χ1) is 10.1. The topological polar surface area (TPSA) is 42.1 Å². The quantitative estimate of drug-likeness (QED) is 0.884. The monoisotopic (exact) mass is 299 g/mol. The van der Waals surface area contributed by atoms with Crippen LogP contribution in [0.4, 0.5) is 0 Å². The molecule has 1 aromatic heterocycles. The highest BCUT2D eigenvalue weighted by Gasteiger charge is 2.32. The molecule has 1 aliphatic rings. The van der Waals surface area contributed by atoms with Gasteiger partial charge < -0.3 is 5.73 Å². The Morgan fingerprint density at radius 2 is 2.10 bits per heavy atom. The lowest BCUT2D eigenvalue weighted by molar-refractivity contribution is 0.158. The zero-order chi connectivity index (χ0) is 14.9. The van der Waals surface area contributed by atoms with Gasteiger partial charge in [0.2, 0.25) is 0 Å². The fourth-order valence-electron chi connectivity index (χ4n) is 2.93. The molecule has 2 aromatic rings. The van der Waals surface area contributed by atoms with Gasteiger partial charge in [0.05, 0.1) is 10.5 Å². The summed E-state index contributed by atoms with van der Waals surface area (Å²) in [6.45, 7) is 5.28. The Bertz CT molecular complexity index is 660. The Kier molecular flexibility index (Phi) is 3.91. The summed E-state index contributed by atoms with van der Waals surface area (Å²) in [7, 11) is 0. The number of thiocarbonyl (C=S) groups is 1. The van der Waals surface area contributed by atoms with Crippen LogP contribution in [0.2, 0.25) is 0 Å². The molecule has 2 heterocycles. The van der Waals surface area contributed by atoms with Crippen molar-refractivity contribution in [1.29, 1.82) is 0 Å². The molecule has 0 bridgehead atoms. The number of benzene rings is 1. The summed E-state index contributed by atoms with van der Waals surface area (Å²) in [6.07, 6.45) is 3.94. The van der Waals surface area contributed by atoms with Gasteiger partial charge in [-0.15, -0.1) is 0 Å². The highest BCUT2D eigenvalue weighted by Crippen LogP contribution is 2.31. The zero-order valence-electron chi connectivity index (χ0n) is 12.4. The predicted octanol–water partition coefficient (Wildman–Crippen LogP) is 3.12. The molecule has 0 aliphatic carbocycles. The molecule has 2 N–H and O–H groups in total. The van der Waals surface area contributed by atoms with Crippen LogP contribution in [0.25, 0.3) is 10.9 Å². The van der Waals surface area contributed by atoms with Crippen LogP contribution in [0.5, 0.6) is 0 Å². The molecule has 0 radical (unpaired) electrons. The lowest BCUT2D eigenvalue weighted by atomic mass is 9.80. The summed E-state index contributed by atoms with van der Waals surface area (Å²) < 4.78 is 0. The van der Waals surface area contributed by atoms with E-state index in [4.69, 9.17) is 18.0 Å². The van der Waals surface area contributed by atoms with Crippen LogP contribution < -0.4 is 5.73 Å². The van der Waals surface area contributed by atoms with E-state index in [0.717, 1.165) is 38.0 Å². The molecule has 0 saturated carbocycles. The summed E-state index contributed by atoms with van der Waals surface area (Å²) in [5.41, 5.74) is 8.31. The summed E-state index contributed by atoms with van der Waals surface area (Å²) in [5.74, 6) is 0. The van der Waals surface area contributed by atoms with Crippen molar-refractivity contribution >= 4 is 28.1 Å². The number of hydrogen-bond donors (Lipinski definition) is 1. The van der Waals surface area contributed by atoms with Crippen molar-refractivity contribution < 1.29 is 0 Å². The van der Waals surface area contributed by atoms with Crippen molar-refractivity contribution in [3.63, 3.8) is 0 Å². The first-order valence-electron chi connectivity index (χ1n) is 7.43. The molecule has 3 nitrogen and oxygen atoms in total. The van der Waals surface area contributed by atoms with Gasteiger partial charge in [0.25, 0.3) is 0 Å². The minimum atomic E-state index is 0.0408. The summed E-state index contributed by atoms with van der Waals surface area (Å²) in [5, 5.41) is 1.21. The molecule has 110 valence electrons. The van der Waals surface area contributed by atoms with Crippen LogP contribution in [0, 0.1) is 5.41 Å². The number of fused-ring (bicyclic) bond motifs is 1. The third-order valence-electron chi connectivity index (χ3n) is 4.63. The van der Waals surface area contributed by atoms with E-state index in [1.54, 1.807) is 0 Å². The van der Waals surface area contributed by atoms with Crippen molar-refractivity contribution in [2.24, 2.45) is 11.1 Å². The Hall–Kier alpha value is -1.52.